The average molecular weight is 287 g/mol. The van der Waals surface area contributed by atoms with Gasteiger partial charge in [0.2, 0.25) is 0 Å². The first-order valence-electron chi connectivity index (χ1n) is 7.12. The van der Waals surface area contributed by atoms with E-state index in [1.807, 2.05) is 0 Å². The summed E-state index contributed by atoms with van der Waals surface area (Å²) in [6, 6.07) is 1.52. The lowest BCUT2D eigenvalue weighted by molar-refractivity contribution is 0.387. The molecule has 0 saturated heterocycles. The van der Waals surface area contributed by atoms with Crippen molar-refractivity contribution in [2.24, 2.45) is 0 Å². The first kappa shape index (κ1) is 16.2. The largest absolute Gasteiger partial charge is 0.266 e. The predicted molar refractivity (Wildman–Crippen MR) is 76.4 cm³/mol. The minimum absolute atomic E-state index is 0.195. The lowest BCUT2D eigenvalue weighted by Gasteiger charge is -2.21. The molecule has 1 aromatic rings. The Morgan fingerprint density at radius 1 is 1.11 bits per heavy atom. The maximum absolute atomic E-state index is 12.4. The summed E-state index contributed by atoms with van der Waals surface area (Å²) in [5, 5.41) is 6.49. The zero-order valence-electron chi connectivity index (χ0n) is 11.9. The quantitative estimate of drug-likeness (QED) is 0.673. The molecule has 0 aliphatic rings. The Hall–Kier alpha value is -0.880. The molecule has 0 radical (unpaired) electrons. The van der Waals surface area contributed by atoms with Gasteiger partial charge < -0.3 is 0 Å². The number of aromatic nitrogens is 2. The van der Waals surface area contributed by atoms with Crippen molar-refractivity contribution in [1.82, 2.24) is 14.5 Å². The zero-order valence-corrected chi connectivity index (χ0v) is 12.7. The Labute approximate surface area is 116 Å². The van der Waals surface area contributed by atoms with Crippen LogP contribution in [0.5, 0.6) is 0 Å². The van der Waals surface area contributed by atoms with Crippen LogP contribution in [0.4, 0.5) is 0 Å². The number of H-pyrrole nitrogens is 1. The number of rotatable bonds is 10. The molecule has 0 atom stereocenters. The van der Waals surface area contributed by atoms with Crippen LogP contribution < -0.4 is 0 Å². The highest BCUT2D eigenvalue weighted by Gasteiger charge is 2.24. The highest BCUT2D eigenvalue weighted by Crippen LogP contribution is 2.15. The average Bonchev–Trinajstić information content (AvgIpc) is 2.91. The molecule has 1 rings (SSSR count). The highest BCUT2D eigenvalue weighted by molar-refractivity contribution is 7.89. The van der Waals surface area contributed by atoms with Crippen LogP contribution >= 0.6 is 0 Å². The van der Waals surface area contributed by atoms with Gasteiger partial charge >= 0.3 is 0 Å². The fourth-order valence-electron chi connectivity index (χ4n) is 1.95. The van der Waals surface area contributed by atoms with Crippen LogP contribution in [0.2, 0.25) is 0 Å². The third-order valence-corrected chi connectivity index (χ3v) is 4.94. The monoisotopic (exact) mass is 287 g/mol. The fraction of sp³-hybridized carbons (Fsp3) is 0.769. The van der Waals surface area contributed by atoms with Gasteiger partial charge in [0.05, 0.1) is 6.20 Å². The Morgan fingerprint density at radius 2 is 1.68 bits per heavy atom. The normalized spacial score (nSPS) is 12.2. The van der Waals surface area contributed by atoms with Crippen LogP contribution in [0.3, 0.4) is 0 Å². The van der Waals surface area contributed by atoms with Crippen LogP contribution in [-0.2, 0) is 10.0 Å². The maximum atomic E-state index is 12.4. The molecule has 1 heterocycles. The summed E-state index contributed by atoms with van der Waals surface area (Å²) in [6.07, 6.45) is 7.60. The molecule has 1 aromatic heterocycles. The summed E-state index contributed by atoms with van der Waals surface area (Å²) in [7, 11) is -3.40. The van der Waals surface area contributed by atoms with Crippen molar-refractivity contribution in [3.05, 3.63) is 12.3 Å². The minimum atomic E-state index is -3.40. The molecule has 19 heavy (non-hydrogen) atoms. The van der Waals surface area contributed by atoms with E-state index in [0.717, 1.165) is 38.5 Å². The van der Waals surface area contributed by atoms with Crippen molar-refractivity contribution in [1.29, 1.82) is 0 Å². The van der Waals surface area contributed by atoms with Gasteiger partial charge in [-0.15, -0.1) is 0 Å². The molecule has 1 N–H and O–H groups in total. The van der Waals surface area contributed by atoms with E-state index in [1.54, 1.807) is 4.31 Å². The molecule has 0 amide bonds. The van der Waals surface area contributed by atoms with E-state index in [-0.39, 0.29) is 5.03 Å². The summed E-state index contributed by atoms with van der Waals surface area (Å²) in [5.74, 6) is 0. The number of sulfonamides is 1. The van der Waals surface area contributed by atoms with Crippen molar-refractivity contribution < 1.29 is 8.42 Å². The maximum Gasteiger partial charge on any atom is 0.259 e. The van der Waals surface area contributed by atoms with Crippen LogP contribution in [-0.4, -0.2) is 36.0 Å². The number of nitrogens with one attached hydrogen (secondary N) is 1. The predicted octanol–water partition coefficient (Wildman–Crippen LogP) is 2.78. The zero-order chi connectivity index (χ0) is 14.1. The molecule has 0 unspecified atom stereocenters. The summed E-state index contributed by atoms with van der Waals surface area (Å²) in [5.41, 5.74) is 0. The molecule has 0 saturated carbocycles. The molecular weight excluding hydrogens is 262 g/mol. The summed E-state index contributed by atoms with van der Waals surface area (Å²) in [6.45, 7) is 5.42. The van der Waals surface area contributed by atoms with E-state index in [2.05, 4.69) is 24.0 Å². The van der Waals surface area contributed by atoms with Crippen molar-refractivity contribution in [3.63, 3.8) is 0 Å². The molecule has 0 aromatic carbocycles. The molecule has 0 aliphatic carbocycles. The van der Waals surface area contributed by atoms with Crippen LogP contribution in [0.1, 0.15) is 52.4 Å². The van der Waals surface area contributed by atoms with E-state index in [0.29, 0.717) is 13.1 Å². The highest BCUT2D eigenvalue weighted by atomic mass is 32.2. The Morgan fingerprint density at radius 3 is 2.11 bits per heavy atom. The second kappa shape index (κ2) is 8.32. The van der Waals surface area contributed by atoms with E-state index in [1.165, 1.54) is 12.3 Å². The number of nitrogens with zero attached hydrogens (tertiary/aromatic N) is 2. The lowest BCUT2D eigenvalue weighted by Crippen LogP contribution is -2.33. The van der Waals surface area contributed by atoms with Crippen molar-refractivity contribution in [3.8, 4) is 0 Å². The van der Waals surface area contributed by atoms with Crippen molar-refractivity contribution in [2.75, 3.05) is 13.1 Å². The van der Waals surface area contributed by atoms with E-state index < -0.39 is 10.0 Å². The van der Waals surface area contributed by atoms with Crippen LogP contribution in [0.25, 0.3) is 0 Å². The van der Waals surface area contributed by atoms with Gasteiger partial charge in [-0.2, -0.15) is 9.40 Å². The standard InChI is InChI=1S/C13H25N3O2S/c1-3-5-7-11-16(12-8-6-4-2)19(17,18)13-9-10-14-15-13/h9-10H,3-8,11-12H2,1-2H3,(H,14,15). The SMILES string of the molecule is CCCCCN(CCCCC)S(=O)(=O)c1ccn[nH]1. The van der Waals surface area contributed by atoms with Gasteiger partial charge in [-0.05, 0) is 18.9 Å². The summed E-state index contributed by atoms with van der Waals surface area (Å²) < 4.78 is 26.5. The number of hydrogen-bond acceptors (Lipinski definition) is 3. The molecule has 110 valence electrons. The molecule has 6 heteroatoms. The Balaban J connectivity index is 2.70. The second-order valence-electron chi connectivity index (χ2n) is 4.74. The third kappa shape index (κ3) is 4.95. The molecule has 0 spiro atoms. The lowest BCUT2D eigenvalue weighted by atomic mass is 10.2. The van der Waals surface area contributed by atoms with Gasteiger partial charge in [0, 0.05) is 13.1 Å². The van der Waals surface area contributed by atoms with E-state index in [4.69, 9.17) is 0 Å². The molecule has 5 nitrogen and oxygen atoms in total. The molecular formula is C13H25N3O2S. The van der Waals surface area contributed by atoms with Gasteiger partial charge in [-0.25, -0.2) is 8.42 Å². The third-order valence-electron chi connectivity index (χ3n) is 3.12. The number of hydrogen-bond donors (Lipinski definition) is 1. The van der Waals surface area contributed by atoms with Gasteiger partial charge in [0.15, 0.2) is 5.03 Å². The van der Waals surface area contributed by atoms with Crippen molar-refractivity contribution in [2.45, 2.75) is 57.4 Å². The molecule has 0 aliphatic heterocycles. The van der Waals surface area contributed by atoms with Gasteiger partial charge in [0.1, 0.15) is 0 Å². The second-order valence-corrected chi connectivity index (χ2v) is 6.65. The first-order chi connectivity index (χ1) is 9.12. The van der Waals surface area contributed by atoms with E-state index >= 15 is 0 Å². The summed E-state index contributed by atoms with van der Waals surface area (Å²) >= 11 is 0. The van der Waals surface area contributed by atoms with Crippen molar-refractivity contribution >= 4 is 10.0 Å². The fourth-order valence-corrected chi connectivity index (χ4v) is 3.37. The topological polar surface area (TPSA) is 66.1 Å². The minimum Gasteiger partial charge on any atom is -0.266 e. The van der Waals surface area contributed by atoms with Crippen LogP contribution in [0.15, 0.2) is 17.3 Å². The molecule has 0 bridgehead atoms. The van der Waals surface area contributed by atoms with Gasteiger partial charge in [-0.1, -0.05) is 39.5 Å². The van der Waals surface area contributed by atoms with Gasteiger partial charge in [0.25, 0.3) is 10.0 Å². The number of unbranched alkanes of at least 4 members (excludes halogenated alkanes) is 4. The summed E-state index contributed by atoms with van der Waals surface area (Å²) in [4.78, 5) is 0. The smallest absolute Gasteiger partial charge is 0.259 e. The Bertz CT molecular complexity index is 419. The van der Waals surface area contributed by atoms with Crippen LogP contribution in [0, 0.1) is 0 Å². The van der Waals surface area contributed by atoms with Gasteiger partial charge in [-0.3, -0.25) is 5.10 Å². The Kier molecular flexibility index (Phi) is 7.09. The van der Waals surface area contributed by atoms with E-state index in [9.17, 15) is 8.42 Å². The molecule has 0 fully saturated rings. The number of aromatic amines is 1. The first-order valence-corrected chi connectivity index (χ1v) is 8.56.